The van der Waals surface area contributed by atoms with Gasteiger partial charge in [0.05, 0.1) is 20.5 Å². The molecule has 0 aliphatic carbocycles. The summed E-state index contributed by atoms with van der Waals surface area (Å²) in [6.45, 7) is 0. The summed E-state index contributed by atoms with van der Waals surface area (Å²) in [5.41, 5.74) is 2.11. The third-order valence-electron chi connectivity index (χ3n) is 2.64. The van der Waals surface area contributed by atoms with E-state index in [0.717, 1.165) is 26.0 Å². The molecule has 18 heavy (non-hydrogen) atoms. The van der Waals surface area contributed by atoms with Gasteiger partial charge < -0.3 is 0 Å². The zero-order valence-corrected chi connectivity index (χ0v) is 11.1. The first-order valence-electron chi connectivity index (χ1n) is 5.61. The van der Waals surface area contributed by atoms with Crippen LogP contribution in [0.2, 0.25) is 5.02 Å². The van der Waals surface area contributed by atoms with Gasteiger partial charge in [-0.1, -0.05) is 48.0 Å². The smallest absolute Gasteiger partial charge is 0.0802 e. The van der Waals surface area contributed by atoms with E-state index in [2.05, 4.69) is 17.1 Å². The number of thiophene rings is 1. The van der Waals surface area contributed by atoms with Crippen LogP contribution in [0.25, 0.3) is 21.0 Å². The zero-order chi connectivity index (χ0) is 12.4. The summed E-state index contributed by atoms with van der Waals surface area (Å²) >= 11 is 7.98. The highest BCUT2D eigenvalue weighted by Crippen LogP contribution is 2.40. The van der Waals surface area contributed by atoms with Gasteiger partial charge >= 0.3 is 0 Å². The van der Waals surface area contributed by atoms with Crippen molar-refractivity contribution in [3.8, 4) is 21.0 Å². The third-order valence-corrected chi connectivity index (χ3v) is 4.26. The summed E-state index contributed by atoms with van der Waals surface area (Å²) in [6, 6.07) is 18.1. The molecule has 3 rings (SSSR count). The van der Waals surface area contributed by atoms with Crippen LogP contribution in [0.3, 0.4) is 0 Å². The maximum atomic E-state index is 6.31. The fourth-order valence-electron chi connectivity index (χ4n) is 1.79. The van der Waals surface area contributed by atoms with Crippen LogP contribution in [0, 0.1) is 0 Å². The van der Waals surface area contributed by atoms with Crippen molar-refractivity contribution in [3.63, 3.8) is 0 Å². The second-order valence-corrected chi connectivity index (χ2v) is 5.33. The first kappa shape index (κ1) is 11.5. The van der Waals surface area contributed by atoms with Crippen molar-refractivity contribution in [2.24, 2.45) is 0 Å². The quantitative estimate of drug-likeness (QED) is 0.630. The highest BCUT2D eigenvalue weighted by Gasteiger charge is 2.10. The van der Waals surface area contributed by atoms with Gasteiger partial charge in [-0.15, -0.1) is 11.3 Å². The molecule has 0 N–H and O–H groups in total. The first-order chi connectivity index (χ1) is 8.84. The molecule has 2 aromatic heterocycles. The molecule has 0 atom stereocenters. The van der Waals surface area contributed by atoms with Crippen molar-refractivity contribution >= 4 is 22.9 Å². The molecule has 0 unspecified atom stereocenters. The Bertz CT molecular complexity index is 647. The Morgan fingerprint density at radius 2 is 1.72 bits per heavy atom. The van der Waals surface area contributed by atoms with E-state index in [0.29, 0.717) is 0 Å². The lowest BCUT2D eigenvalue weighted by Crippen LogP contribution is -1.75. The lowest BCUT2D eigenvalue weighted by atomic mass is 10.2. The van der Waals surface area contributed by atoms with Crippen LogP contribution >= 0.6 is 22.9 Å². The van der Waals surface area contributed by atoms with Gasteiger partial charge in [-0.2, -0.15) is 0 Å². The molecule has 0 saturated heterocycles. The third kappa shape index (κ3) is 2.17. The molecular formula is C15H10ClNS. The Kier molecular flexibility index (Phi) is 3.13. The molecule has 0 spiro atoms. The number of aromatic nitrogens is 1. The summed E-state index contributed by atoms with van der Waals surface area (Å²) < 4.78 is 0. The highest BCUT2D eigenvalue weighted by molar-refractivity contribution is 7.19. The van der Waals surface area contributed by atoms with Crippen molar-refractivity contribution in [2.75, 3.05) is 0 Å². The number of halogens is 1. The largest absolute Gasteiger partial charge is 0.255 e. The van der Waals surface area contributed by atoms with E-state index in [-0.39, 0.29) is 0 Å². The number of hydrogen-bond acceptors (Lipinski definition) is 2. The number of pyridine rings is 1. The highest BCUT2D eigenvalue weighted by atomic mass is 35.5. The lowest BCUT2D eigenvalue weighted by molar-refractivity contribution is 1.34. The molecule has 1 nitrogen and oxygen atoms in total. The fraction of sp³-hybridized carbons (Fsp3) is 0. The fourth-order valence-corrected chi connectivity index (χ4v) is 3.22. The van der Waals surface area contributed by atoms with E-state index >= 15 is 0 Å². The van der Waals surface area contributed by atoms with Gasteiger partial charge in [0.1, 0.15) is 0 Å². The summed E-state index contributed by atoms with van der Waals surface area (Å²) in [4.78, 5) is 6.54. The van der Waals surface area contributed by atoms with Crippen molar-refractivity contribution in [1.29, 1.82) is 0 Å². The molecule has 0 radical (unpaired) electrons. The number of rotatable bonds is 2. The van der Waals surface area contributed by atoms with Gasteiger partial charge in [0.2, 0.25) is 0 Å². The molecule has 1 aromatic carbocycles. The average molecular weight is 272 g/mol. The minimum absolute atomic E-state index is 0.784. The van der Waals surface area contributed by atoms with Crippen LogP contribution in [0.15, 0.2) is 60.8 Å². The Labute approximate surface area is 115 Å². The Morgan fingerprint density at radius 1 is 0.944 bits per heavy atom. The molecule has 0 bridgehead atoms. The van der Waals surface area contributed by atoms with Crippen molar-refractivity contribution < 1.29 is 0 Å². The average Bonchev–Trinajstić information content (AvgIpc) is 2.83. The second kappa shape index (κ2) is 4.92. The molecule has 2 heterocycles. The van der Waals surface area contributed by atoms with Crippen LogP contribution in [0.1, 0.15) is 0 Å². The summed E-state index contributed by atoms with van der Waals surface area (Å²) in [7, 11) is 0. The molecule has 3 heteroatoms. The van der Waals surface area contributed by atoms with Gasteiger partial charge in [0.15, 0.2) is 0 Å². The van der Waals surface area contributed by atoms with Crippen molar-refractivity contribution in [1.82, 2.24) is 4.98 Å². The number of nitrogens with zero attached hydrogens (tertiary/aromatic N) is 1. The SMILES string of the molecule is Clc1cc(-c2ccccn2)sc1-c1ccccc1. The van der Waals surface area contributed by atoms with Crippen molar-refractivity contribution in [2.45, 2.75) is 0 Å². The van der Waals surface area contributed by atoms with Crippen LogP contribution < -0.4 is 0 Å². The molecule has 0 aliphatic rings. The van der Waals surface area contributed by atoms with Gasteiger partial charge in [0, 0.05) is 6.20 Å². The van der Waals surface area contributed by atoms with E-state index in [1.165, 1.54) is 0 Å². The van der Waals surface area contributed by atoms with Gasteiger partial charge in [-0.05, 0) is 23.8 Å². The van der Waals surface area contributed by atoms with E-state index in [1.807, 2.05) is 42.5 Å². The molecule has 0 amide bonds. The molecule has 0 aliphatic heterocycles. The monoisotopic (exact) mass is 271 g/mol. The van der Waals surface area contributed by atoms with Gasteiger partial charge in [-0.3, -0.25) is 4.98 Å². The van der Waals surface area contributed by atoms with E-state index < -0.39 is 0 Å². The first-order valence-corrected chi connectivity index (χ1v) is 6.80. The van der Waals surface area contributed by atoms with Gasteiger partial charge in [-0.25, -0.2) is 0 Å². The van der Waals surface area contributed by atoms with Crippen LogP contribution in [-0.2, 0) is 0 Å². The van der Waals surface area contributed by atoms with Gasteiger partial charge in [0.25, 0.3) is 0 Å². The molecule has 0 saturated carbocycles. The van der Waals surface area contributed by atoms with E-state index in [9.17, 15) is 0 Å². The predicted molar refractivity (Wildman–Crippen MR) is 78.0 cm³/mol. The minimum Gasteiger partial charge on any atom is -0.255 e. The Hall–Kier alpha value is -1.64. The summed E-state index contributed by atoms with van der Waals surface area (Å²) in [6.07, 6.45) is 1.80. The van der Waals surface area contributed by atoms with Crippen LogP contribution in [-0.4, -0.2) is 4.98 Å². The zero-order valence-electron chi connectivity index (χ0n) is 9.51. The minimum atomic E-state index is 0.784. The molecular weight excluding hydrogens is 262 g/mol. The van der Waals surface area contributed by atoms with Crippen LogP contribution in [0.4, 0.5) is 0 Å². The standard InChI is InChI=1S/C15H10ClNS/c16-12-10-14(13-8-4-5-9-17-13)18-15(12)11-6-2-1-3-7-11/h1-10H. The molecule has 0 fully saturated rings. The number of benzene rings is 1. The number of hydrogen-bond donors (Lipinski definition) is 0. The Balaban J connectivity index is 2.07. The second-order valence-electron chi connectivity index (χ2n) is 3.87. The van der Waals surface area contributed by atoms with E-state index in [4.69, 9.17) is 11.6 Å². The lowest BCUT2D eigenvalue weighted by Gasteiger charge is -1.97. The molecule has 3 aromatic rings. The summed E-state index contributed by atoms with van der Waals surface area (Å²) in [5.74, 6) is 0. The molecule has 88 valence electrons. The Morgan fingerprint density at radius 3 is 2.44 bits per heavy atom. The normalized spacial score (nSPS) is 10.5. The predicted octanol–water partition coefficient (Wildman–Crippen LogP) is 5.13. The maximum Gasteiger partial charge on any atom is 0.0802 e. The summed E-state index contributed by atoms with van der Waals surface area (Å²) in [5, 5.41) is 0.784. The topological polar surface area (TPSA) is 12.9 Å². The van der Waals surface area contributed by atoms with Crippen molar-refractivity contribution in [3.05, 3.63) is 65.8 Å². The van der Waals surface area contributed by atoms with Crippen LogP contribution in [0.5, 0.6) is 0 Å². The van der Waals surface area contributed by atoms with E-state index in [1.54, 1.807) is 17.5 Å². The maximum absolute atomic E-state index is 6.31.